The smallest absolute Gasteiger partial charge is 0.304 e. The summed E-state index contributed by atoms with van der Waals surface area (Å²) in [6, 6.07) is 0. The molecule has 6 nitrogen and oxygen atoms in total. The van der Waals surface area contributed by atoms with Gasteiger partial charge in [0.15, 0.2) is 0 Å². The molecule has 0 saturated carbocycles. The maximum Gasteiger partial charge on any atom is 0.304 e. The minimum atomic E-state index is -3.55. The third-order valence-electron chi connectivity index (χ3n) is 2.42. The van der Waals surface area contributed by atoms with Gasteiger partial charge in [-0.1, -0.05) is 0 Å². The average molecular weight is 251 g/mol. The first-order valence-electron chi connectivity index (χ1n) is 5.14. The number of ether oxygens (including phenoxy) is 1. The fourth-order valence-electron chi connectivity index (χ4n) is 1.66. The predicted octanol–water partition coefficient (Wildman–Crippen LogP) is -0.0504. The van der Waals surface area contributed by atoms with Crippen LogP contribution in [0.1, 0.15) is 26.2 Å². The van der Waals surface area contributed by atoms with Gasteiger partial charge >= 0.3 is 5.97 Å². The summed E-state index contributed by atoms with van der Waals surface area (Å²) in [6.45, 7) is 2.75. The van der Waals surface area contributed by atoms with Crippen LogP contribution in [0.3, 0.4) is 0 Å². The minimum Gasteiger partial charge on any atom is -0.481 e. The highest BCUT2D eigenvalue weighted by atomic mass is 32.2. The van der Waals surface area contributed by atoms with Crippen LogP contribution in [0.25, 0.3) is 0 Å². The molecule has 1 fully saturated rings. The molecule has 0 aromatic rings. The quantitative estimate of drug-likeness (QED) is 0.714. The summed E-state index contributed by atoms with van der Waals surface area (Å²) in [7, 11) is -3.55. The van der Waals surface area contributed by atoms with E-state index >= 15 is 0 Å². The van der Waals surface area contributed by atoms with Gasteiger partial charge in [-0.25, -0.2) is 13.1 Å². The molecular weight excluding hydrogens is 234 g/mol. The average Bonchev–Trinajstić information content (AvgIpc) is 2.14. The second-order valence-electron chi connectivity index (χ2n) is 4.28. The molecule has 0 bridgehead atoms. The lowest BCUT2D eigenvalue weighted by molar-refractivity contribution is -0.136. The van der Waals surface area contributed by atoms with Gasteiger partial charge in [0.25, 0.3) is 0 Å². The van der Waals surface area contributed by atoms with Crippen molar-refractivity contribution in [3.05, 3.63) is 0 Å². The topological polar surface area (TPSA) is 92.7 Å². The van der Waals surface area contributed by atoms with E-state index in [0.717, 1.165) is 6.42 Å². The zero-order chi connectivity index (χ0) is 12.2. The summed E-state index contributed by atoms with van der Waals surface area (Å²) in [5.74, 6) is -1.51. The van der Waals surface area contributed by atoms with Crippen molar-refractivity contribution in [1.82, 2.24) is 4.72 Å². The molecule has 16 heavy (non-hydrogen) atoms. The summed E-state index contributed by atoms with van der Waals surface area (Å²) in [6.07, 6.45) is 1.13. The summed E-state index contributed by atoms with van der Waals surface area (Å²) in [5.41, 5.74) is -0.602. The van der Waals surface area contributed by atoms with Crippen molar-refractivity contribution in [2.75, 3.05) is 19.0 Å². The van der Waals surface area contributed by atoms with Gasteiger partial charge in [0.2, 0.25) is 10.0 Å². The van der Waals surface area contributed by atoms with Gasteiger partial charge < -0.3 is 9.84 Å². The first-order chi connectivity index (χ1) is 7.33. The van der Waals surface area contributed by atoms with Crippen molar-refractivity contribution in [3.8, 4) is 0 Å². The second-order valence-corrected chi connectivity index (χ2v) is 6.12. The molecule has 2 N–H and O–H groups in total. The van der Waals surface area contributed by atoms with Crippen LogP contribution in [0.5, 0.6) is 0 Å². The number of hydrogen-bond donors (Lipinski definition) is 2. The number of sulfonamides is 1. The van der Waals surface area contributed by atoms with Crippen molar-refractivity contribution in [3.63, 3.8) is 0 Å². The largest absolute Gasteiger partial charge is 0.481 e. The van der Waals surface area contributed by atoms with Gasteiger partial charge in [-0.2, -0.15) is 0 Å². The molecule has 0 aromatic carbocycles. The SMILES string of the molecule is CC1(NS(=O)(=O)CCC(=O)O)CCCOC1. The van der Waals surface area contributed by atoms with E-state index in [-0.39, 0.29) is 6.42 Å². The molecule has 0 radical (unpaired) electrons. The second kappa shape index (κ2) is 5.11. The van der Waals surface area contributed by atoms with Crippen LogP contribution in [0.15, 0.2) is 0 Å². The molecule has 7 heteroatoms. The first-order valence-corrected chi connectivity index (χ1v) is 6.79. The normalized spacial score (nSPS) is 26.6. The fourth-order valence-corrected chi connectivity index (χ4v) is 3.12. The molecule has 1 aliphatic heterocycles. The lowest BCUT2D eigenvalue weighted by Gasteiger charge is -2.33. The van der Waals surface area contributed by atoms with Gasteiger partial charge in [0.1, 0.15) is 0 Å². The molecule has 0 amide bonds. The van der Waals surface area contributed by atoms with Gasteiger partial charge in [0.05, 0.1) is 24.3 Å². The van der Waals surface area contributed by atoms with Gasteiger partial charge in [-0.05, 0) is 19.8 Å². The Balaban J connectivity index is 2.53. The van der Waals surface area contributed by atoms with Crippen molar-refractivity contribution in [2.24, 2.45) is 0 Å². The molecule has 0 spiro atoms. The van der Waals surface area contributed by atoms with E-state index in [1.807, 2.05) is 0 Å². The lowest BCUT2D eigenvalue weighted by Crippen LogP contribution is -2.52. The Bertz CT molecular complexity index is 345. The molecule has 94 valence electrons. The number of nitrogens with one attached hydrogen (secondary N) is 1. The number of hydrogen-bond acceptors (Lipinski definition) is 4. The molecule has 1 atom stereocenters. The molecule has 1 saturated heterocycles. The molecule has 1 rings (SSSR count). The summed E-state index contributed by atoms with van der Waals surface area (Å²) >= 11 is 0. The minimum absolute atomic E-state index is 0.333. The number of rotatable bonds is 5. The lowest BCUT2D eigenvalue weighted by atomic mass is 9.97. The van der Waals surface area contributed by atoms with Crippen molar-refractivity contribution in [1.29, 1.82) is 0 Å². The Kier molecular flexibility index (Phi) is 4.28. The van der Waals surface area contributed by atoms with E-state index in [4.69, 9.17) is 9.84 Å². The van der Waals surface area contributed by atoms with Crippen molar-refractivity contribution < 1.29 is 23.1 Å². The monoisotopic (exact) mass is 251 g/mol. The van der Waals surface area contributed by atoms with Gasteiger partial charge in [-0.3, -0.25) is 4.79 Å². The van der Waals surface area contributed by atoms with E-state index in [1.165, 1.54) is 0 Å². The number of carboxylic acids is 1. The van der Waals surface area contributed by atoms with Crippen molar-refractivity contribution >= 4 is 16.0 Å². The zero-order valence-corrected chi connectivity index (χ0v) is 10.0. The Hall–Kier alpha value is -0.660. The highest BCUT2D eigenvalue weighted by Crippen LogP contribution is 2.19. The molecule has 1 heterocycles. The number of carboxylic acid groups (broad SMARTS) is 1. The summed E-state index contributed by atoms with van der Waals surface area (Å²) < 4.78 is 30.9. The van der Waals surface area contributed by atoms with Crippen LogP contribution in [-0.4, -0.2) is 44.0 Å². The Morgan fingerprint density at radius 3 is 2.75 bits per heavy atom. The highest BCUT2D eigenvalue weighted by Gasteiger charge is 2.32. The summed E-state index contributed by atoms with van der Waals surface area (Å²) in [4.78, 5) is 10.3. The molecular formula is C9H17NO5S. The van der Waals surface area contributed by atoms with Crippen LogP contribution < -0.4 is 4.72 Å². The van der Waals surface area contributed by atoms with Crippen LogP contribution >= 0.6 is 0 Å². The zero-order valence-electron chi connectivity index (χ0n) is 9.23. The third-order valence-corrected chi connectivity index (χ3v) is 3.97. The van der Waals surface area contributed by atoms with E-state index in [2.05, 4.69) is 4.72 Å². The Morgan fingerprint density at radius 2 is 2.25 bits per heavy atom. The van der Waals surface area contributed by atoms with Gasteiger partial charge in [0, 0.05) is 6.61 Å². The first kappa shape index (κ1) is 13.4. The number of carbonyl (C=O) groups is 1. The molecule has 0 aromatic heterocycles. The van der Waals surface area contributed by atoms with Crippen LogP contribution in [0.2, 0.25) is 0 Å². The predicted molar refractivity (Wildman–Crippen MR) is 57.6 cm³/mol. The van der Waals surface area contributed by atoms with Crippen molar-refractivity contribution in [2.45, 2.75) is 31.7 Å². The molecule has 0 aliphatic carbocycles. The standard InChI is InChI=1S/C9H17NO5S/c1-9(4-2-5-15-7-9)10-16(13,14)6-3-8(11)12/h10H,2-7H2,1H3,(H,11,12). The van der Waals surface area contributed by atoms with E-state index in [0.29, 0.717) is 19.6 Å². The fraction of sp³-hybridized carbons (Fsp3) is 0.889. The summed E-state index contributed by atoms with van der Waals surface area (Å²) in [5, 5.41) is 8.43. The van der Waals surface area contributed by atoms with E-state index in [9.17, 15) is 13.2 Å². The van der Waals surface area contributed by atoms with Crippen LogP contribution in [0, 0.1) is 0 Å². The van der Waals surface area contributed by atoms with Crippen LogP contribution in [-0.2, 0) is 19.6 Å². The van der Waals surface area contributed by atoms with Crippen LogP contribution in [0.4, 0.5) is 0 Å². The number of aliphatic carboxylic acids is 1. The maximum absolute atomic E-state index is 11.6. The Morgan fingerprint density at radius 1 is 1.56 bits per heavy atom. The van der Waals surface area contributed by atoms with E-state index < -0.39 is 27.3 Å². The van der Waals surface area contributed by atoms with Gasteiger partial charge in [-0.15, -0.1) is 0 Å². The third kappa shape index (κ3) is 4.46. The Labute approximate surface area is 95.0 Å². The van der Waals surface area contributed by atoms with E-state index in [1.54, 1.807) is 6.92 Å². The molecule has 1 aliphatic rings. The highest BCUT2D eigenvalue weighted by molar-refractivity contribution is 7.89. The maximum atomic E-state index is 11.6. The molecule has 1 unspecified atom stereocenters.